The third kappa shape index (κ3) is 9.43. The van der Waals surface area contributed by atoms with Crippen LogP contribution in [0.25, 0.3) is 0 Å². The van der Waals surface area contributed by atoms with Gasteiger partial charge in [0.25, 0.3) is 0 Å². The molecule has 0 aromatic rings. The van der Waals surface area contributed by atoms with Crippen LogP contribution in [0.3, 0.4) is 0 Å². The second-order valence-electron chi connectivity index (χ2n) is 0.647. The lowest BCUT2D eigenvalue weighted by Crippen LogP contribution is -1.75. The van der Waals surface area contributed by atoms with Gasteiger partial charge in [0, 0.05) is 0 Å². The zero-order chi connectivity index (χ0) is 5.91. The van der Waals surface area contributed by atoms with Crippen molar-refractivity contribution < 1.29 is 19.0 Å². The number of hydrogen-bond acceptors (Lipinski definition) is 4. The van der Waals surface area contributed by atoms with Crippen molar-refractivity contribution in [2.75, 3.05) is 0 Å². The van der Waals surface area contributed by atoms with Gasteiger partial charge in [-0.1, -0.05) is 0 Å². The van der Waals surface area contributed by atoms with E-state index in [2.05, 4.69) is 4.62 Å². The van der Waals surface area contributed by atoms with E-state index in [1.165, 1.54) is 5.34 Å². The second kappa shape index (κ2) is 4.01. The summed E-state index contributed by atoms with van der Waals surface area (Å²) in [5, 5.41) is 1.49. The minimum atomic E-state index is -4.64. The first kappa shape index (κ1) is 11.0. The fraction of sp³-hybridized carbons (Fsp3) is 0. The highest BCUT2D eigenvalue weighted by molar-refractivity contribution is 7.46. The maximum Gasteiger partial charge on any atom is 0.547 e. The van der Waals surface area contributed by atoms with Gasteiger partial charge in [-0.15, -0.1) is 4.91 Å². The third-order valence-corrected chi connectivity index (χ3v) is 0.419. The number of hydrogen-bond donors (Lipinski definition) is 2. The first-order chi connectivity index (χ1) is 3.06. The molecule has 8 heavy (non-hydrogen) atoms. The topological polar surface area (TPSA) is 96.2 Å². The van der Waals surface area contributed by atoms with Crippen molar-refractivity contribution in [3.8, 4) is 0 Å². The smallest absolute Gasteiger partial charge is 0.313 e. The van der Waals surface area contributed by atoms with Gasteiger partial charge >= 0.3 is 7.82 Å². The van der Waals surface area contributed by atoms with E-state index in [9.17, 15) is 4.57 Å². The number of rotatable bonds is 2. The van der Waals surface area contributed by atoms with Crippen LogP contribution in [-0.2, 0) is 9.19 Å². The molecular weight excluding hydrogens is 152 g/mol. The average molecular weight is 156 g/mol. The standard InChI is InChI=1S/Al.H2NO5P.2H/c;2-1-6-7(3,4)5;;/h;(H2,3,4,5);;/q-1;;;. The van der Waals surface area contributed by atoms with Crippen LogP contribution in [0.15, 0.2) is 5.34 Å². The number of phosphoric acid groups is 1. The highest BCUT2D eigenvalue weighted by Crippen LogP contribution is 2.35. The summed E-state index contributed by atoms with van der Waals surface area (Å²) in [6.45, 7) is 0. The molecule has 2 radical (unpaired) electrons. The molecule has 0 fully saturated rings. The van der Waals surface area contributed by atoms with Crippen molar-refractivity contribution >= 4 is 25.2 Å². The van der Waals surface area contributed by atoms with Crippen molar-refractivity contribution in [1.82, 2.24) is 0 Å². The van der Waals surface area contributed by atoms with Crippen LogP contribution in [0, 0.1) is 4.91 Å². The normalized spacial score (nSPS) is 9.25. The van der Waals surface area contributed by atoms with Gasteiger partial charge < -0.3 is 17.4 Å². The molecule has 0 spiro atoms. The summed E-state index contributed by atoms with van der Waals surface area (Å²) in [6.07, 6.45) is 0. The molecule has 0 saturated carbocycles. The lowest BCUT2D eigenvalue weighted by atomic mass is 13.4. The molecule has 0 bridgehead atoms. The summed E-state index contributed by atoms with van der Waals surface area (Å²) in [5.74, 6) is 0. The molecule has 0 aliphatic carbocycles. The van der Waals surface area contributed by atoms with E-state index in [-0.39, 0.29) is 17.4 Å². The van der Waals surface area contributed by atoms with Crippen LogP contribution in [-0.4, -0.2) is 27.1 Å². The zero-order valence-corrected chi connectivity index (χ0v) is 6.91. The molecule has 0 heterocycles. The summed E-state index contributed by atoms with van der Waals surface area (Å²) in [7, 11) is -4.64. The van der Waals surface area contributed by atoms with Gasteiger partial charge in [0.05, 0.1) is 0 Å². The van der Waals surface area contributed by atoms with Crippen molar-refractivity contribution in [3.63, 3.8) is 0 Å². The Morgan fingerprint density at radius 2 is 1.88 bits per heavy atom. The maximum absolute atomic E-state index is 9.41. The first-order valence-electron chi connectivity index (χ1n) is 1.13. The summed E-state index contributed by atoms with van der Waals surface area (Å²) in [6, 6.07) is 0. The Kier molecular flexibility index (Phi) is 5.49. The van der Waals surface area contributed by atoms with Crippen LogP contribution in [0.1, 0.15) is 0 Å². The molecule has 0 aliphatic heterocycles. The van der Waals surface area contributed by atoms with Gasteiger partial charge in [0.15, 0.2) is 5.34 Å². The first-order valence-corrected chi connectivity index (χ1v) is 2.66. The molecular formula is H4AlNO5P-. The van der Waals surface area contributed by atoms with Crippen LogP contribution in [0.5, 0.6) is 0 Å². The van der Waals surface area contributed by atoms with Gasteiger partial charge in [-0.2, -0.15) is 0 Å². The van der Waals surface area contributed by atoms with Gasteiger partial charge in [-0.05, 0) is 0 Å². The highest BCUT2D eigenvalue weighted by atomic mass is 31.2. The zero-order valence-electron chi connectivity index (χ0n) is 4.01. The SMILES string of the molecule is O=NOP(=O)(O)O.[AlH2-]. The van der Waals surface area contributed by atoms with Gasteiger partial charge in [-0.25, -0.2) is 4.57 Å². The van der Waals surface area contributed by atoms with Crippen molar-refractivity contribution in [3.05, 3.63) is 4.91 Å². The quantitative estimate of drug-likeness (QED) is 0.228. The molecule has 0 aromatic carbocycles. The molecule has 0 unspecified atom stereocenters. The Labute approximate surface area is 55.1 Å². The van der Waals surface area contributed by atoms with E-state index < -0.39 is 7.82 Å². The molecule has 0 rings (SSSR count). The Hall–Kier alpha value is 0.0825. The molecule has 0 saturated heterocycles. The molecule has 0 aliphatic rings. The van der Waals surface area contributed by atoms with Crippen LogP contribution >= 0.6 is 7.82 Å². The lowest BCUT2D eigenvalue weighted by molar-refractivity contribution is 0.202. The van der Waals surface area contributed by atoms with Crippen LogP contribution < -0.4 is 0 Å². The fourth-order valence-electron chi connectivity index (χ4n) is 0.0434. The third-order valence-electron chi connectivity index (χ3n) is 0.140. The Balaban J connectivity index is 0. The van der Waals surface area contributed by atoms with Gasteiger partial charge in [0.1, 0.15) is 0 Å². The Morgan fingerprint density at radius 3 is 1.88 bits per heavy atom. The minimum Gasteiger partial charge on any atom is -0.313 e. The van der Waals surface area contributed by atoms with E-state index in [1.54, 1.807) is 0 Å². The van der Waals surface area contributed by atoms with E-state index in [0.717, 1.165) is 0 Å². The van der Waals surface area contributed by atoms with Crippen molar-refractivity contribution in [1.29, 1.82) is 0 Å². The van der Waals surface area contributed by atoms with Gasteiger partial charge in [0.2, 0.25) is 0 Å². The summed E-state index contributed by atoms with van der Waals surface area (Å²) < 4.78 is 12.4. The minimum absolute atomic E-state index is 0. The van der Waals surface area contributed by atoms with E-state index in [0.29, 0.717) is 0 Å². The largest absolute Gasteiger partial charge is 0.547 e. The lowest BCUT2D eigenvalue weighted by Gasteiger charge is -1.90. The molecule has 0 atom stereocenters. The molecule has 2 N–H and O–H groups in total. The molecule has 8 heteroatoms. The van der Waals surface area contributed by atoms with Crippen molar-refractivity contribution in [2.24, 2.45) is 5.34 Å². The molecule has 0 aromatic heterocycles. The molecule has 6 nitrogen and oxygen atoms in total. The maximum atomic E-state index is 9.41. The van der Waals surface area contributed by atoms with Crippen molar-refractivity contribution in [2.45, 2.75) is 0 Å². The van der Waals surface area contributed by atoms with Crippen LogP contribution in [0.2, 0.25) is 0 Å². The van der Waals surface area contributed by atoms with E-state index in [4.69, 9.17) is 14.7 Å². The predicted molar refractivity (Wildman–Crippen MR) is 27.5 cm³/mol. The van der Waals surface area contributed by atoms with Gasteiger partial charge in [-0.3, -0.25) is 14.4 Å². The van der Waals surface area contributed by atoms with E-state index in [1.807, 2.05) is 0 Å². The summed E-state index contributed by atoms with van der Waals surface area (Å²) in [4.78, 5) is 24.1. The summed E-state index contributed by atoms with van der Waals surface area (Å²) >= 11 is 0. The summed E-state index contributed by atoms with van der Waals surface area (Å²) in [5.41, 5.74) is 0. The molecule has 0 amide bonds. The molecule has 48 valence electrons. The van der Waals surface area contributed by atoms with E-state index >= 15 is 0 Å². The Bertz CT molecular complexity index is 105. The highest BCUT2D eigenvalue weighted by Gasteiger charge is 2.14. The second-order valence-corrected chi connectivity index (χ2v) is 1.79. The Morgan fingerprint density at radius 1 is 1.50 bits per heavy atom. The average Bonchev–Trinajstić information content (AvgIpc) is 1.30. The predicted octanol–water partition coefficient (Wildman–Crippen LogP) is -1.14. The monoisotopic (exact) mass is 156 g/mol. The number of nitrogens with zero attached hydrogens (tertiary/aromatic N) is 1. The fourth-order valence-corrected chi connectivity index (χ4v) is 0.130. The van der Waals surface area contributed by atoms with Crippen LogP contribution in [0.4, 0.5) is 0 Å².